The van der Waals surface area contributed by atoms with Crippen molar-refractivity contribution in [2.24, 2.45) is 9.98 Å². The number of nitrogens with zero attached hydrogens (tertiary/aromatic N) is 2. The summed E-state index contributed by atoms with van der Waals surface area (Å²) >= 11 is 0. The maximum Gasteiger partial charge on any atom is 3.00 e. The van der Waals surface area contributed by atoms with Gasteiger partial charge in [-0.2, -0.15) is 0 Å². The summed E-state index contributed by atoms with van der Waals surface area (Å²) in [5.74, 6) is 0. The van der Waals surface area contributed by atoms with E-state index >= 15 is 0 Å². The zero-order valence-electron chi connectivity index (χ0n) is 52.5. The Bertz CT molecular complexity index is 3630. The minimum atomic E-state index is -1.17. The summed E-state index contributed by atoms with van der Waals surface area (Å²) in [6, 6.07) is 123. The molecule has 0 aromatic heterocycles. The van der Waals surface area contributed by atoms with Gasteiger partial charge in [0.15, 0.2) is 0 Å². The Kier molecular flexibility index (Phi) is 31.1. The second-order valence-electron chi connectivity index (χ2n) is 21.6. The molecule has 0 fully saturated rings. The summed E-state index contributed by atoms with van der Waals surface area (Å²) < 4.78 is 0. The van der Waals surface area contributed by atoms with Crippen LogP contribution in [0.4, 0.5) is 0 Å². The molecule has 12 aromatic rings. The standard InChI is InChI=1S/C42H38P2.C40H34N2P2.2CH3.2Ru/c1(7-21-35-23-17-19-33-41(35)43(37-25-9-3-10-26-37)38-27-11-4-12-28-38)2-8-22-36-24-18-20-34-42(36)44(39-29-13-5-14-30-39)40-31-15-6-16-32-40;1-5-19-35(20-6-1)43(36-21-7-2-8-22-36)39-27-15-13-17-33(39)31-41-29-30-42-32-34-18-14-16-28-40(34)44(37-23-9-3-10-24-37)38-25-11-4-12-26-38;;;;/h3-20,23-34H,1-2,21-22H2;1-28,31-32H,29-30H2;2*1H3;;/q-2;;2*-1;+1;+3/p+4. The minimum Gasteiger partial charge on any atom is -0.358 e. The second kappa shape index (κ2) is 39.5. The van der Waals surface area contributed by atoms with Crippen LogP contribution in [0.2, 0.25) is 0 Å². The number of benzene rings is 12. The van der Waals surface area contributed by atoms with Crippen molar-refractivity contribution in [3.8, 4) is 0 Å². The Morgan fingerprint density at radius 2 is 0.446 bits per heavy atom. The zero-order valence-corrected chi connectivity index (χ0v) is 60.0. The first-order valence-electron chi connectivity index (χ1n) is 30.7. The molecule has 0 unspecified atom stereocenters. The Morgan fingerprint density at radius 1 is 0.250 bits per heavy atom. The molecular formula is C84H82N2P4Ru2+4. The van der Waals surface area contributed by atoms with Crippen molar-refractivity contribution in [3.63, 3.8) is 0 Å². The fourth-order valence-corrected chi connectivity index (χ4v) is 22.5. The molecule has 0 aliphatic carbocycles. The molecule has 0 heterocycles. The number of hydrogen-bond acceptors (Lipinski definition) is 2. The second-order valence-corrected chi connectivity index (χ2v) is 31.3. The summed E-state index contributed by atoms with van der Waals surface area (Å²) in [6.07, 6.45) is 13.2. The predicted molar refractivity (Wildman–Crippen MR) is 409 cm³/mol. The summed E-state index contributed by atoms with van der Waals surface area (Å²) in [6.45, 7) is 1.28. The van der Waals surface area contributed by atoms with Crippen LogP contribution in [0.15, 0.2) is 350 Å². The first kappa shape index (κ1) is 72.4. The summed E-state index contributed by atoms with van der Waals surface area (Å²) in [5, 5.41) is 17.0. The van der Waals surface area contributed by atoms with Crippen molar-refractivity contribution < 1.29 is 39.0 Å². The van der Waals surface area contributed by atoms with Crippen LogP contribution >= 0.6 is 31.7 Å². The van der Waals surface area contributed by atoms with Crippen LogP contribution in [0.5, 0.6) is 0 Å². The Hall–Kier alpha value is -7.05. The van der Waals surface area contributed by atoms with Gasteiger partial charge in [0.05, 0.1) is 44.8 Å². The fourth-order valence-electron chi connectivity index (χ4n) is 11.5. The normalized spacial score (nSPS) is 10.9. The van der Waals surface area contributed by atoms with Crippen LogP contribution in [-0.4, -0.2) is 25.5 Å². The molecule has 2 radical (unpaired) electrons. The molecule has 0 atom stereocenters. The van der Waals surface area contributed by atoms with Crippen LogP contribution < -0.4 is 63.7 Å². The molecule has 0 spiro atoms. The van der Waals surface area contributed by atoms with E-state index in [0.717, 1.165) is 25.7 Å². The Morgan fingerprint density at radius 3 is 0.696 bits per heavy atom. The third-order valence-corrected chi connectivity index (χ3v) is 27.0. The van der Waals surface area contributed by atoms with Gasteiger partial charge >= 0.3 is 39.0 Å². The molecule has 0 amide bonds. The minimum absolute atomic E-state index is 0. The van der Waals surface area contributed by atoms with E-state index in [4.69, 9.17) is 9.98 Å². The maximum absolute atomic E-state index is 4.84. The average molecular weight is 1450 g/mol. The number of rotatable bonds is 24. The van der Waals surface area contributed by atoms with E-state index in [1.807, 2.05) is 12.4 Å². The molecule has 460 valence electrons. The van der Waals surface area contributed by atoms with Crippen molar-refractivity contribution in [2.45, 2.75) is 25.7 Å². The van der Waals surface area contributed by atoms with E-state index in [9.17, 15) is 0 Å². The first-order valence-corrected chi connectivity index (χ1v) is 36.7. The van der Waals surface area contributed by atoms with Gasteiger partial charge in [0.25, 0.3) is 0 Å². The topological polar surface area (TPSA) is 24.7 Å². The van der Waals surface area contributed by atoms with Crippen molar-refractivity contribution in [1.82, 2.24) is 0 Å². The van der Waals surface area contributed by atoms with Gasteiger partial charge in [-0.25, -0.2) is 12.8 Å². The van der Waals surface area contributed by atoms with Gasteiger partial charge in [0.2, 0.25) is 0 Å². The van der Waals surface area contributed by atoms with E-state index < -0.39 is 31.7 Å². The molecule has 0 saturated carbocycles. The Labute approximate surface area is 580 Å². The molecule has 0 aliphatic rings. The number of unbranched alkanes of at least 4 members (excludes halogenated alkanes) is 3. The molecule has 0 bridgehead atoms. The van der Waals surface area contributed by atoms with Gasteiger partial charge in [-0.1, -0.05) is 206 Å². The van der Waals surface area contributed by atoms with E-state index in [-0.39, 0.29) is 53.8 Å². The van der Waals surface area contributed by atoms with Gasteiger partial charge in [0, 0.05) is 23.6 Å². The number of aliphatic imine (C=N–C) groups is 2. The molecule has 92 heavy (non-hydrogen) atoms. The van der Waals surface area contributed by atoms with Crippen molar-refractivity contribution in [1.29, 1.82) is 0 Å². The first-order chi connectivity index (χ1) is 43.8. The largest absolute Gasteiger partial charge is 3.00 e. The van der Waals surface area contributed by atoms with Gasteiger partial charge in [-0.3, -0.25) is 9.98 Å². The third-order valence-electron chi connectivity index (χ3n) is 15.7. The van der Waals surface area contributed by atoms with E-state index in [1.165, 1.54) is 85.9 Å². The molecule has 0 aliphatic heterocycles. The van der Waals surface area contributed by atoms with Gasteiger partial charge in [-0.05, 0) is 145 Å². The molecular weight excluding hydrogens is 1360 g/mol. The zero-order chi connectivity index (χ0) is 59.6. The van der Waals surface area contributed by atoms with E-state index in [0.29, 0.717) is 13.1 Å². The summed E-state index contributed by atoms with van der Waals surface area (Å²) in [4.78, 5) is 9.68. The molecule has 2 nitrogen and oxygen atoms in total. The maximum atomic E-state index is 4.84. The molecule has 8 heteroatoms. The average Bonchev–Trinajstić information content (AvgIpc) is 1.70. The molecule has 0 saturated heterocycles. The molecule has 12 aromatic carbocycles. The van der Waals surface area contributed by atoms with E-state index in [1.54, 1.807) is 0 Å². The number of hydrogen-bond donors (Lipinski definition) is 0. The smallest absolute Gasteiger partial charge is 0.358 e. The summed E-state index contributed by atoms with van der Waals surface area (Å²) in [7, 11) is -4.48. The van der Waals surface area contributed by atoms with Crippen LogP contribution in [0.3, 0.4) is 0 Å². The fraction of sp³-hybridized carbons (Fsp3) is 0.0714. The quantitative estimate of drug-likeness (QED) is 0.0189. The van der Waals surface area contributed by atoms with Crippen LogP contribution in [0.1, 0.15) is 35.1 Å². The van der Waals surface area contributed by atoms with Crippen molar-refractivity contribution in [2.75, 3.05) is 13.1 Å². The molecule has 12 rings (SSSR count). The van der Waals surface area contributed by atoms with Gasteiger partial charge < -0.3 is 27.7 Å². The van der Waals surface area contributed by atoms with Crippen molar-refractivity contribution in [3.05, 3.63) is 390 Å². The predicted octanol–water partition coefficient (Wildman–Crippen LogP) is 14.7. The summed E-state index contributed by atoms with van der Waals surface area (Å²) in [5.41, 5.74) is 5.28. The van der Waals surface area contributed by atoms with Crippen LogP contribution in [0, 0.1) is 27.7 Å². The monoisotopic (exact) mass is 1450 g/mol. The SMILES string of the molecule is C(=NCCN=Cc1ccccc1[PH+](c1ccccc1)c1ccccc1)c1ccccc1[PH+](c1ccccc1)c1ccccc1.[CH3-].[CH3-].[Ru+3].[Ru+].c1ccc([PH+](c2ccccc2)c2ccccc2C[CH-]CC[CH-]Cc2ccccc2[PH+](c2ccccc2)c2ccccc2)cc1. The molecule has 0 N–H and O–H groups in total. The third kappa shape index (κ3) is 20.0. The van der Waals surface area contributed by atoms with Crippen LogP contribution in [-0.2, 0) is 51.8 Å². The van der Waals surface area contributed by atoms with Gasteiger partial charge in [0.1, 0.15) is 63.7 Å². The van der Waals surface area contributed by atoms with Crippen molar-refractivity contribution >= 4 is 108 Å². The van der Waals surface area contributed by atoms with Gasteiger partial charge in [-0.15, -0.1) is 12.8 Å². The van der Waals surface area contributed by atoms with E-state index in [2.05, 4.69) is 353 Å². The Balaban J connectivity index is 0.000000250. The van der Waals surface area contributed by atoms with Crippen LogP contribution in [0.25, 0.3) is 0 Å².